The molecular formula is C18H21BrN4O. The van der Waals surface area contributed by atoms with Crippen molar-refractivity contribution in [2.45, 2.75) is 26.7 Å². The first kappa shape index (κ1) is 16.9. The molecule has 126 valence electrons. The fourth-order valence-electron chi connectivity index (χ4n) is 2.95. The molecule has 6 heteroatoms. The van der Waals surface area contributed by atoms with Crippen molar-refractivity contribution in [3.05, 3.63) is 46.3 Å². The minimum absolute atomic E-state index is 0.244. The van der Waals surface area contributed by atoms with Gasteiger partial charge < -0.3 is 10.2 Å². The van der Waals surface area contributed by atoms with Gasteiger partial charge in [0.1, 0.15) is 11.5 Å². The van der Waals surface area contributed by atoms with Crippen LogP contribution >= 0.6 is 15.9 Å². The van der Waals surface area contributed by atoms with Crippen molar-refractivity contribution in [2.75, 3.05) is 23.3 Å². The van der Waals surface area contributed by atoms with Gasteiger partial charge in [-0.05, 0) is 49.4 Å². The second-order valence-corrected chi connectivity index (χ2v) is 7.28. The normalized spacial score (nSPS) is 17.6. The molecule has 2 aromatic rings. The molecule has 0 spiro atoms. The van der Waals surface area contributed by atoms with Crippen LogP contribution in [0.4, 0.5) is 11.5 Å². The van der Waals surface area contributed by atoms with E-state index in [2.05, 4.69) is 43.0 Å². The highest BCUT2D eigenvalue weighted by Crippen LogP contribution is 2.22. The Morgan fingerprint density at radius 1 is 1.33 bits per heavy atom. The van der Waals surface area contributed by atoms with E-state index in [1.807, 2.05) is 25.1 Å². The number of benzene rings is 1. The Morgan fingerprint density at radius 3 is 2.83 bits per heavy atom. The van der Waals surface area contributed by atoms with Crippen LogP contribution < -0.4 is 10.2 Å². The summed E-state index contributed by atoms with van der Waals surface area (Å²) in [5.41, 5.74) is 2.09. The average molecular weight is 389 g/mol. The van der Waals surface area contributed by atoms with Crippen LogP contribution in [-0.4, -0.2) is 29.0 Å². The van der Waals surface area contributed by atoms with Crippen LogP contribution in [0.2, 0.25) is 0 Å². The molecule has 1 atom stereocenters. The third-order valence-corrected chi connectivity index (χ3v) is 4.78. The van der Waals surface area contributed by atoms with Gasteiger partial charge >= 0.3 is 0 Å². The van der Waals surface area contributed by atoms with Gasteiger partial charge in [0.2, 0.25) is 0 Å². The predicted molar refractivity (Wildman–Crippen MR) is 99.5 cm³/mol. The molecule has 1 saturated heterocycles. The third-order valence-electron chi connectivity index (χ3n) is 4.29. The summed E-state index contributed by atoms with van der Waals surface area (Å²) in [7, 11) is 0. The van der Waals surface area contributed by atoms with E-state index in [9.17, 15) is 4.79 Å². The van der Waals surface area contributed by atoms with E-state index in [1.165, 1.54) is 12.8 Å². The highest BCUT2D eigenvalue weighted by molar-refractivity contribution is 9.10. The quantitative estimate of drug-likeness (QED) is 0.861. The molecule has 1 aliphatic rings. The molecule has 1 aromatic heterocycles. The van der Waals surface area contributed by atoms with Crippen molar-refractivity contribution in [1.82, 2.24) is 9.97 Å². The molecule has 24 heavy (non-hydrogen) atoms. The van der Waals surface area contributed by atoms with Crippen LogP contribution in [0.15, 0.2) is 35.1 Å². The van der Waals surface area contributed by atoms with Gasteiger partial charge in [0.25, 0.3) is 5.91 Å². The maximum absolute atomic E-state index is 12.4. The minimum Gasteiger partial charge on any atom is -0.355 e. The first-order valence-corrected chi connectivity index (χ1v) is 8.97. The number of anilines is 2. The summed E-state index contributed by atoms with van der Waals surface area (Å²) in [5.74, 6) is 1.27. The first-order valence-electron chi connectivity index (χ1n) is 8.17. The van der Waals surface area contributed by atoms with Crippen LogP contribution in [0.3, 0.4) is 0 Å². The van der Waals surface area contributed by atoms with Gasteiger partial charge in [0, 0.05) is 23.2 Å². The molecule has 1 aliphatic heterocycles. The summed E-state index contributed by atoms with van der Waals surface area (Å²) in [6.45, 7) is 6.20. The monoisotopic (exact) mass is 388 g/mol. The molecular weight excluding hydrogens is 368 g/mol. The number of hydrogen-bond donors (Lipinski definition) is 1. The van der Waals surface area contributed by atoms with Crippen LogP contribution in [0.5, 0.6) is 0 Å². The van der Waals surface area contributed by atoms with Gasteiger partial charge in [0.05, 0.1) is 12.4 Å². The molecule has 1 aromatic carbocycles. The first-order chi connectivity index (χ1) is 11.5. The van der Waals surface area contributed by atoms with Gasteiger partial charge in [-0.2, -0.15) is 0 Å². The summed E-state index contributed by atoms with van der Waals surface area (Å²) in [5, 5.41) is 2.88. The lowest BCUT2D eigenvalue weighted by atomic mass is 10.0. The number of nitrogens with one attached hydrogen (secondary N) is 1. The number of amides is 1. The zero-order chi connectivity index (χ0) is 17.1. The standard InChI is InChI=1S/C18H21BrN4O/c1-12-4-3-7-23(11-12)17-10-20-16(9-21-17)18(24)22-15-6-5-14(19)8-13(15)2/h5-6,8-10,12H,3-4,7,11H2,1-2H3,(H,22,24). The zero-order valence-corrected chi connectivity index (χ0v) is 15.5. The molecule has 0 bridgehead atoms. The Hall–Kier alpha value is -1.95. The lowest BCUT2D eigenvalue weighted by molar-refractivity contribution is 0.102. The highest BCUT2D eigenvalue weighted by Gasteiger charge is 2.18. The fraction of sp³-hybridized carbons (Fsp3) is 0.389. The largest absolute Gasteiger partial charge is 0.355 e. The van der Waals surface area contributed by atoms with E-state index in [1.54, 1.807) is 12.4 Å². The summed E-state index contributed by atoms with van der Waals surface area (Å²) < 4.78 is 0.984. The Labute approximate surface area is 150 Å². The van der Waals surface area contributed by atoms with Crippen molar-refractivity contribution in [3.8, 4) is 0 Å². The Balaban J connectivity index is 1.69. The Morgan fingerprint density at radius 2 is 2.17 bits per heavy atom. The van der Waals surface area contributed by atoms with Crippen molar-refractivity contribution >= 4 is 33.3 Å². The van der Waals surface area contributed by atoms with Crippen LogP contribution in [-0.2, 0) is 0 Å². The molecule has 5 nitrogen and oxygen atoms in total. The minimum atomic E-state index is -0.244. The lowest BCUT2D eigenvalue weighted by Crippen LogP contribution is -2.35. The van der Waals surface area contributed by atoms with Crippen molar-refractivity contribution in [3.63, 3.8) is 0 Å². The summed E-state index contributed by atoms with van der Waals surface area (Å²) in [6, 6.07) is 5.73. The molecule has 0 radical (unpaired) electrons. The van der Waals surface area contributed by atoms with Crippen LogP contribution in [0, 0.1) is 12.8 Å². The zero-order valence-electron chi connectivity index (χ0n) is 13.9. The van der Waals surface area contributed by atoms with E-state index in [0.29, 0.717) is 11.6 Å². The van der Waals surface area contributed by atoms with Gasteiger partial charge in [-0.3, -0.25) is 4.79 Å². The Bertz CT molecular complexity index is 732. The topological polar surface area (TPSA) is 58.1 Å². The van der Waals surface area contributed by atoms with E-state index >= 15 is 0 Å². The number of piperidine rings is 1. The molecule has 0 saturated carbocycles. The molecule has 0 aliphatic carbocycles. The van der Waals surface area contributed by atoms with Gasteiger partial charge in [-0.25, -0.2) is 9.97 Å². The van der Waals surface area contributed by atoms with Crippen molar-refractivity contribution < 1.29 is 4.79 Å². The third kappa shape index (κ3) is 3.93. The van der Waals surface area contributed by atoms with Crippen molar-refractivity contribution in [2.24, 2.45) is 5.92 Å². The predicted octanol–water partition coefficient (Wildman–Crippen LogP) is 4.04. The van der Waals surface area contributed by atoms with Gasteiger partial charge in [-0.1, -0.05) is 22.9 Å². The summed E-state index contributed by atoms with van der Waals surface area (Å²) in [4.78, 5) is 23.3. The number of carbonyl (C=O) groups is 1. The maximum atomic E-state index is 12.4. The van der Waals surface area contributed by atoms with E-state index < -0.39 is 0 Å². The molecule has 1 unspecified atom stereocenters. The maximum Gasteiger partial charge on any atom is 0.275 e. The average Bonchev–Trinajstić information content (AvgIpc) is 2.57. The molecule has 2 heterocycles. The molecule has 1 fully saturated rings. The molecule has 1 N–H and O–H groups in total. The van der Waals surface area contributed by atoms with Crippen LogP contribution in [0.1, 0.15) is 35.8 Å². The smallest absolute Gasteiger partial charge is 0.275 e. The number of carbonyl (C=O) groups excluding carboxylic acids is 1. The van der Waals surface area contributed by atoms with Gasteiger partial charge in [-0.15, -0.1) is 0 Å². The van der Waals surface area contributed by atoms with E-state index in [-0.39, 0.29) is 5.91 Å². The van der Waals surface area contributed by atoms with Gasteiger partial charge in [0.15, 0.2) is 0 Å². The Kier molecular flexibility index (Phi) is 5.14. The summed E-state index contributed by atoms with van der Waals surface area (Å²) in [6.07, 6.45) is 5.68. The lowest BCUT2D eigenvalue weighted by Gasteiger charge is -2.31. The van der Waals surface area contributed by atoms with Crippen molar-refractivity contribution in [1.29, 1.82) is 0 Å². The van der Waals surface area contributed by atoms with E-state index in [0.717, 1.165) is 34.6 Å². The second kappa shape index (κ2) is 7.30. The number of hydrogen-bond acceptors (Lipinski definition) is 4. The summed E-state index contributed by atoms with van der Waals surface area (Å²) >= 11 is 3.42. The molecule has 1 amide bonds. The van der Waals surface area contributed by atoms with E-state index in [4.69, 9.17) is 0 Å². The highest BCUT2D eigenvalue weighted by atomic mass is 79.9. The number of nitrogens with zero attached hydrogens (tertiary/aromatic N) is 3. The fourth-order valence-corrected chi connectivity index (χ4v) is 3.43. The SMILES string of the molecule is Cc1cc(Br)ccc1NC(=O)c1cnc(N2CCCC(C)C2)cn1. The molecule has 3 rings (SSSR count). The van der Waals surface area contributed by atoms with Crippen LogP contribution in [0.25, 0.3) is 0 Å². The number of halogens is 1. The number of rotatable bonds is 3. The number of aromatic nitrogens is 2. The number of aryl methyl sites for hydroxylation is 1. The second-order valence-electron chi connectivity index (χ2n) is 6.37.